The van der Waals surface area contributed by atoms with Crippen molar-refractivity contribution >= 4 is 22.7 Å². The fraction of sp³-hybridized carbons (Fsp3) is 0.500. The Balaban J connectivity index is 1.51. The molecule has 1 spiro atoms. The molecule has 2 aromatic rings. The van der Waals surface area contributed by atoms with E-state index in [2.05, 4.69) is 10.6 Å². The van der Waals surface area contributed by atoms with Crippen LogP contribution in [0.15, 0.2) is 27.4 Å². The molecule has 1 aromatic carbocycles. The molecule has 1 unspecified atom stereocenters. The highest BCUT2D eigenvalue weighted by Crippen LogP contribution is 2.58. The molecule has 1 saturated heterocycles. The van der Waals surface area contributed by atoms with Crippen molar-refractivity contribution in [2.45, 2.75) is 19.3 Å². The number of rotatable bonds is 2. The molecule has 1 amide bonds. The molecular weight excluding hydrogens is 282 g/mol. The second kappa shape index (κ2) is 4.71. The van der Waals surface area contributed by atoms with E-state index in [1.165, 1.54) is 4.57 Å². The van der Waals surface area contributed by atoms with Gasteiger partial charge < -0.3 is 15.1 Å². The predicted molar refractivity (Wildman–Crippen MR) is 82.7 cm³/mol. The Morgan fingerprint density at radius 3 is 2.95 bits per heavy atom. The molecule has 116 valence electrons. The summed E-state index contributed by atoms with van der Waals surface area (Å²) < 4.78 is 6.60. The van der Waals surface area contributed by atoms with Gasteiger partial charge in [-0.05, 0) is 49.9 Å². The smallest absolute Gasteiger partial charge is 0.408 e. The number of benzene rings is 1. The normalized spacial score (nSPS) is 22.9. The van der Waals surface area contributed by atoms with Crippen LogP contribution in [0, 0.1) is 11.3 Å². The van der Waals surface area contributed by atoms with Crippen molar-refractivity contribution in [3.05, 3.63) is 28.7 Å². The van der Waals surface area contributed by atoms with Gasteiger partial charge in [-0.1, -0.05) is 0 Å². The van der Waals surface area contributed by atoms with Crippen molar-refractivity contribution in [2.24, 2.45) is 18.4 Å². The van der Waals surface area contributed by atoms with Crippen LogP contribution >= 0.6 is 0 Å². The average Bonchev–Trinajstić information content (AvgIpc) is 3.12. The maximum absolute atomic E-state index is 12.4. The van der Waals surface area contributed by atoms with E-state index in [0.29, 0.717) is 11.3 Å². The quantitative estimate of drug-likeness (QED) is 0.880. The fourth-order valence-corrected chi connectivity index (χ4v) is 3.64. The number of aryl methyl sites for hydroxylation is 1. The van der Waals surface area contributed by atoms with Crippen LogP contribution in [-0.4, -0.2) is 23.6 Å². The lowest BCUT2D eigenvalue weighted by atomic mass is 9.92. The minimum Gasteiger partial charge on any atom is -0.408 e. The van der Waals surface area contributed by atoms with Gasteiger partial charge in [-0.2, -0.15) is 0 Å². The number of hydrogen-bond donors (Lipinski definition) is 2. The highest BCUT2D eigenvalue weighted by molar-refractivity contribution is 5.96. The van der Waals surface area contributed by atoms with Gasteiger partial charge >= 0.3 is 5.76 Å². The number of nitrogens with zero attached hydrogens (tertiary/aromatic N) is 1. The molecule has 1 aliphatic carbocycles. The second-order valence-electron chi connectivity index (χ2n) is 6.47. The topological polar surface area (TPSA) is 76.3 Å². The van der Waals surface area contributed by atoms with Gasteiger partial charge in [-0.3, -0.25) is 9.36 Å². The third-order valence-corrected chi connectivity index (χ3v) is 5.17. The maximum atomic E-state index is 12.4. The summed E-state index contributed by atoms with van der Waals surface area (Å²) in [4.78, 5) is 23.9. The summed E-state index contributed by atoms with van der Waals surface area (Å²) >= 11 is 0. The SMILES string of the molecule is Cn1c(=O)oc2cc(NC(=O)C3CC34CCNCC4)ccc21. The van der Waals surface area contributed by atoms with Crippen molar-refractivity contribution in [2.75, 3.05) is 18.4 Å². The van der Waals surface area contributed by atoms with E-state index >= 15 is 0 Å². The zero-order chi connectivity index (χ0) is 15.3. The number of nitrogens with one attached hydrogen (secondary N) is 2. The molecular formula is C16H19N3O3. The molecule has 2 aliphatic rings. The first kappa shape index (κ1) is 13.6. The Morgan fingerprint density at radius 2 is 2.18 bits per heavy atom. The van der Waals surface area contributed by atoms with Crippen molar-refractivity contribution in [1.82, 2.24) is 9.88 Å². The molecule has 2 heterocycles. The molecule has 1 atom stereocenters. The highest BCUT2D eigenvalue weighted by atomic mass is 16.4. The molecule has 6 nitrogen and oxygen atoms in total. The van der Waals surface area contributed by atoms with Crippen LogP contribution in [0.4, 0.5) is 5.69 Å². The Kier molecular flexibility index (Phi) is 2.91. The van der Waals surface area contributed by atoms with E-state index in [-0.39, 0.29) is 17.2 Å². The summed E-state index contributed by atoms with van der Waals surface area (Å²) in [7, 11) is 1.66. The molecule has 1 aliphatic heterocycles. The number of hydrogen-bond acceptors (Lipinski definition) is 4. The summed E-state index contributed by atoms with van der Waals surface area (Å²) in [6.45, 7) is 2.01. The van der Waals surface area contributed by atoms with Crippen LogP contribution < -0.4 is 16.4 Å². The van der Waals surface area contributed by atoms with E-state index in [0.717, 1.165) is 37.9 Å². The van der Waals surface area contributed by atoms with Crippen LogP contribution in [0.3, 0.4) is 0 Å². The minimum absolute atomic E-state index is 0.0829. The van der Waals surface area contributed by atoms with Gasteiger partial charge in [-0.15, -0.1) is 0 Å². The van der Waals surface area contributed by atoms with Gasteiger partial charge in [0.25, 0.3) is 0 Å². The lowest BCUT2D eigenvalue weighted by molar-refractivity contribution is -0.118. The summed E-state index contributed by atoms with van der Waals surface area (Å²) in [5.74, 6) is -0.193. The van der Waals surface area contributed by atoms with Gasteiger partial charge in [0.1, 0.15) is 0 Å². The van der Waals surface area contributed by atoms with Gasteiger partial charge in [0.2, 0.25) is 5.91 Å². The molecule has 4 rings (SSSR count). The van der Waals surface area contributed by atoms with Gasteiger partial charge in [0.05, 0.1) is 5.52 Å². The number of carbonyl (C=O) groups is 1. The van der Waals surface area contributed by atoms with Gasteiger partial charge in [0.15, 0.2) is 5.58 Å². The van der Waals surface area contributed by atoms with Crippen LogP contribution in [-0.2, 0) is 11.8 Å². The molecule has 22 heavy (non-hydrogen) atoms. The van der Waals surface area contributed by atoms with Crippen LogP contribution in [0.2, 0.25) is 0 Å². The van der Waals surface area contributed by atoms with Crippen LogP contribution in [0.5, 0.6) is 0 Å². The zero-order valence-electron chi connectivity index (χ0n) is 12.5. The average molecular weight is 301 g/mol. The Hall–Kier alpha value is -2.08. The van der Waals surface area contributed by atoms with E-state index in [1.807, 2.05) is 6.07 Å². The van der Waals surface area contributed by atoms with E-state index in [1.54, 1.807) is 19.2 Å². The maximum Gasteiger partial charge on any atom is 0.419 e. The van der Waals surface area contributed by atoms with E-state index in [9.17, 15) is 9.59 Å². The summed E-state index contributed by atoms with van der Waals surface area (Å²) in [5.41, 5.74) is 2.13. The first-order valence-electron chi connectivity index (χ1n) is 7.70. The van der Waals surface area contributed by atoms with E-state index in [4.69, 9.17) is 4.42 Å². The fourth-order valence-electron chi connectivity index (χ4n) is 3.64. The number of oxazole rings is 1. The second-order valence-corrected chi connectivity index (χ2v) is 6.47. The Bertz CT molecular complexity index is 799. The van der Waals surface area contributed by atoms with Crippen LogP contribution in [0.1, 0.15) is 19.3 Å². The first-order chi connectivity index (χ1) is 10.6. The summed E-state index contributed by atoms with van der Waals surface area (Å²) in [6.07, 6.45) is 3.15. The molecule has 0 bridgehead atoms. The molecule has 1 saturated carbocycles. The minimum atomic E-state index is -0.394. The van der Waals surface area contributed by atoms with Crippen molar-refractivity contribution in [3.8, 4) is 0 Å². The Labute approximate surface area is 127 Å². The standard InChI is InChI=1S/C16H19N3O3/c1-19-12-3-2-10(8-13(12)22-15(19)21)18-14(20)11-9-16(11)4-6-17-7-5-16/h2-3,8,11,17H,4-7,9H2,1H3,(H,18,20). The monoisotopic (exact) mass is 301 g/mol. The van der Waals surface area contributed by atoms with Gasteiger partial charge in [-0.25, -0.2) is 4.79 Å². The molecule has 2 fully saturated rings. The number of piperidine rings is 1. The Morgan fingerprint density at radius 1 is 1.41 bits per heavy atom. The summed E-state index contributed by atoms with van der Waals surface area (Å²) in [5, 5.41) is 6.31. The number of anilines is 1. The van der Waals surface area contributed by atoms with Crippen molar-refractivity contribution in [3.63, 3.8) is 0 Å². The molecule has 1 aromatic heterocycles. The number of aromatic nitrogens is 1. The lowest BCUT2D eigenvalue weighted by Crippen LogP contribution is -2.31. The molecule has 6 heteroatoms. The van der Waals surface area contributed by atoms with Crippen LogP contribution in [0.25, 0.3) is 11.1 Å². The van der Waals surface area contributed by atoms with Crippen molar-refractivity contribution in [1.29, 1.82) is 0 Å². The number of amides is 1. The zero-order valence-corrected chi connectivity index (χ0v) is 12.5. The first-order valence-corrected chi connectivity index (χ1v) is 7.70. The third kappa shape index (κ3) is 2.06. The van der Waals surface area contributed by atoms with E-state index < -0.39 is 5.76 Å². The predicted octanol–water partition coefficient (Wildman–Crippen LogP) is 1.46. The largest absolute Gasteiger partial charge is 0.419 e. The molecule has 0 radical (unpaired) electrons. The lowest BCUT2D eigenvalue weighted by Gasteiger charge is -2.23. The van der Waals surface area contributed by atoms with Crippen molar-refractivity contribution < 1.29 is 9.21 Å². The number of fused-ring (bicyclic) bond motifs is 1. The third-order valence-electron chi connectivity index (χ3n) is 5.17. The number of carbonyl (C=O) groups excluding carboxylic acids is 1. The summed E-state index contributed by atoms with van der Waals surface area (Å²) in [6, 6.07) is 5.32. The highest BCUT2D eigenvalue weighted by Gasteiger charge is 2.57. The molecule has 2 N–H and O–H groups in total. The van der Waals surface area contributed by atoms with Gasteiger partial charge in [0, 0.05) is 24.7 Å².